The van der Waals surface area contributed by atoms with E-state index in [2.05, 4.69) is 16.8 Å². The minimum Gasteiger partial charge on any atom is -0.327 e. The van der Waals surface area contributed by atoms with Crippen LogP contribution < -0.4 is 5.73 Å². The van der Waals surface area contributed by atoms with Crippen LogP contribution in [0, 0.1) is 5.92 Å². The van der Waals surface area contributed by atoms with Crippen molar-refractivity contribution in [1.29, 1.82) is 0 Å². The highest BCUT2D eigenvalue weighted by Crippen LogP contribution is 2.28. The average Bonchev–Trinajstić information content (AvgIpc) is 2.72. The molecule has 0 spiro atoms. The van der Waals surface area contributed by atoms with Crippen molar-refractivity contribution in [2.24, 2.45) is 11.7 Å². The summed E-state index contributed by atoms with van der Waals surface area (Å²) in [5, 5.41) is 4.41. The molecule has 2 rings (SSSR count). The first kappa shape index (κ1) is 9.22. The molecule has 0 amide bonds. The second-order valence-corrected chi connectivity index (χ2v) is 4.81. The smallest absolute Gasteiger partial charge is 0.00672 e. The molecule has 1 heterocycles. The fourth-order valence-electron chi connectivity index (χ4n) is 2.21. The van der Waals surface area contributed by atoms with Gasteiger partial charge in [-0.2, -0.15) is 11.3 Å². The van der Waals surface area contributed by atoms with Gasteiger partial charge in [-0.1, -0.05) is 6.42 Å². The van der Waals surface area contributed by atoms with Crippen LogP contribution in [0.5, 0.6) is 0 Å². The van der Waals surface area contributed by atoms with Crippen LogP contribution in [-0.4, -0.2) is 6.04 Å². The van der Waals surface area contributed by atoms with Crippen LogP contribution in [-0.2, 0) is 6.42 Å². The molecule has 13 heavy (non-hydrogen) atoms. The summed E-state index contributed by atoms with van der Waals surface area (Å²) in [6, 6.07) is 2.71. The SMILES string of the molecule is NC1CCCC1CCc1ccsc1. The Balaban J connectivity index is 1.79. The van der Waals surface area contributed by atoms with Crippen molar-refractivity contribution < 1.29 is 0 Å². The Kier molecular flexibility index (Phi) is 3.01. The molecule has 0 bridgehead atoms. The van der Waals surface area contributed by atoms with Gasteiger partial charge in [0.2, 0.25) is 0 Å². The fourth-order valence-corrected chi connectivity index (χ4v) is 2.91. The van der Waals surface area contributed by atoms with Gasteiger partial charge in [0.25, 0.3) is 0 Å². The van der Waals surface area contributed by atoms with Gasteiger partial charge < -0.3 is 5.73 Å². The van der Waals surface area contributed by atoms with Gasteiger partial charge in [-0.25, -0.2) is 0 Å². The number of thiophene rings is 1. The Morgan fingerprint density at radius 2 is 2.38 bits per heavy atom. The van der Waals surface area contributed by atoms with Crippen LogP contribution >= 0.6 is 11.3 Å². The zero-order valence-electron chi connectivity index (χ0n) is 7.91. The third kappa shape index (κ3) is 2.32. The van der Waals surface area contributed by atoms with Gasteiger partial charge in [0.1, 0.15) is 0 Å². The Morgan fingerprint density at radius 1 is 1.46 bits per heavy atom. The second kappa shape index (κ2) is 4.25. The average molecular weight is 195 g/mol. The molecule has 0 aliphatic heterocycles. The lowest BCUT2D eigenvalue weighted by atomic mass is 9.96. The summed E-state index contributed by atoms with van der Waals surface area (Å²) in [4.78, 5) is 0. The highest BCUT2D eigenvalue weighted by Gasteiger charge is 2.23. The van der Waals surface area contributed by atoms with Gasteiger partial charge in [-0.05, 0) is 54.0 Å². The molecule has 0 aromatic carbocycles. The molecule has 2 atom stereocenters. The van der Waals surface area contributed by atoms with E-state index in [1.54, 1.807) is 11.3 Å². The van der Waals surface area contributed by atoms with E-state index in [1.807, 2.05) is 0 Å². The van der Waals surface area contributed by atoms with Gasteiger partial charge in [0, 0.05) is 6.04 Å². The normalized spacial score (nSPS) is 28.1. The molecule has 1 aliphatic rings. The molecule has 1 saturated carbocycles. The number of hydrogen-bond donors (Lipinski definition) is 1. The van der Waals surface area contributed by atoms with Gasteiger partial charge in [0.15, 0.2) is 0 Å². The molecular weight excluding hydrogens is 178 g/mol. The Morgan fingerprint density at radius 3 is 3.00 bits per heavy atom. The van der Waals surface area contributed by atoms with Crippen LogP contribution in [0.1, 0.15) is 31.2 Å². The molecule has 2 N–H and O–H groups in total. The molecule has 0 radical (unpaired) electrons. The monoisotopic (exact) mass is 195 g/mol. The lowest BCUT2D eigenvalue weighted by molar-refractivity contribution is 0.447. The molecule has 1 nitrogen and oxygen atoms in total. The predicted octanol–water partition coefficient (Wildman–Crippen LogP) is 2.81. The summed E-state index contributed by atoms with van der Waals surface area (Å²) in [6.45, 7) is 0. The minimum atomic E-state index is 0.485. The second-order valence-electron chi connectivity index (χ2n) is 4.03. The first-order chi connectivity index (χ1) is 6.36. The van der Waals surface area contributed by atoms with Gasteiger partial charge in [0.05, 0.1) is 0 Å². The van der Waals surface area contributed by atoms with Crippen molar-refractivity contribution in [3.63, 3.8) is 0 Å². The molecule has 2 unspecified atom stereocenters. The van der Waals surface area contributed by atoms with Crippen molar-refractivity contribution in [2.75, 3.05) is 0 Å². The highest BCUT2D eigenvalue weighted by molar-refractivity contribution is 7.07. The standard InChI is InChI=1S/C11H17NS/c12-11-3-1-2-10(11)5-4-9-6-7-13-8-9/h6-8,10-11H,1-5,12H2. The zero-order chi connectivity index (χ0) is 9.10. The lowest BCUT2D eigenvalue weighted by Crippen LogP contribution is -2.24. The molecular formula is C11H17NS. The quantitative estimate of drug-likeness (QED) is 0.788. The molecule has 1 aliphatic carbocycles. The summed E-state index contributed by atoms with van der Waals surface area (Å²) >= 11 is 1.79. The van der Waals surface area contributed by atoms with Gasteiger partial charge >= 0.3 is 0 Å². The lowest BCUT2D eigenvalue weighted by Gasteiger charge is -2.13. The van der Waals surface area contributed by atoms with E-state index in [9.17, 15) is 0 Å². The van der Waals surface area contributed by atoms with E-state index in [-0.39, 0.29) is 0 Å². The van der Waals surface area contributed by atoms with Crippen molar-refractivity contribution >= 4 is 11.3 Å². The third-order valence-electron chi connectivity index (χ3n) is 3.10. The van der Waals surface area contributed by atoms with Crippen molar-refractivity contribution in [3.05, 3.63) is 22.4 Å². The Hall–Kier alpha value is -0.340. The third-order valence-corrected chi connectivity index (χ3v) is 3.83. The summed E-state index contributed by atoms with van der Waals surface area (Å²) in [5.74, 6) is 0.792. The molecule has 1 aromatic heterocycles. The first-order valence-electron chi connectivity index (χ1n) is 5.13. The van der Waals surface area contributed by atoms with Gasteiger partial charge in [-0.15, -0.1) is 0 Å². The zero-order valence-corrected chi connectivity index (χ0v) is 8.72. The van der Waals surface area contributed by atoms with E-state index >= 15 is 0 Å². The van der Waals surface area contributed by atoms with Crippen molar-refractivity contribution in [3.8, 4) is 0 Å². The predicted molar refractivity (Wildman–Crippen MR) is 58.0 cm³/mol. The highest BCUT2D eigenvalue weighted by atomic mass is 32.1. The molecule has 1 fully saturated rings. The molecule has 2 heteroatoms. The fraction of sp³-hybridized carbons (Fsp3) is 0.636. The van der Waals surface area contributed by atoms with Crippen LogP contribution in [0.3, 0.4) is 0 Å². The number of aryl methyl sites for hydroxylation is 1. The van der Waals surface area contributed by atoms with Crippen LogP contribution in [0.2, 0.25) is 0 Å². The van der Waals surface area contributed by atoms with Crippen LogP contribution in [0.4, 0.5) is 0 Å². The topological polar surface area (TPSA) is 26.0 Å². The van der Waals surface area contributed by atoms with Gasteiger partial charge in [-0.3, -0.25) is 0 Å². The summed E-state index contributed by atoms with van der Waals surface area (Å²) in [6.07, 6.45) is 6.45. The van der Waals surface area contributed by atoms with Crippen molar-refractivity contribution in [1.82, 2.24) is 0 Å². The van der Waals surface area contributed by atoms with E-state index in [4.69, 9.17) is 5.73 Å². The van der Waals surface area contributed by atoms with E-state index in [1.165, 1.54) is 37.7 Å². The molecule has 72 valence electrons. The van der Waals surface area contributed by atoms with Crippen LogP contribution in [0.15, 0.2) is 16.8 Å². The largest absolute Gasteiger partial charge is 0.327 e. The number of nitrogens with two attached hydrogens (primary N) is 1. The maximum Gasteiger partial charge on any atom is 0.00672 e. The summed E-state index contributed by atoms with van der Waals surface area (Å²) < 4.78 is 0. The maximum atomic E-state index is 6.02. The molecule has 0 saturated heterocycles. The Bertz CT molecular complexity index is 243. The van der Waals surface area contributed by atoms with Crippen LogP contribution in [0.25, 0.3) is 0 Å². The maximum absolute atomic E-state index is 6.02. The summed E-state index contributed by atoms with van der Waals surface area (Å²) in [7, 11) is 0. The first-order valence-corrected chi connectivity index (χ1v) is 6.07. The summed E-state index contributed by atoms with van der Waals surface area (Å²) in [5.41, 5.74) is 7.51. The number of rotatable bonds is 3. The van der Waals surface area contributed by atoms with Crippen molar-refractivity contribution in [2.45, 2.75) is 38.1 Å². The van der Waals surface area contributed by atoms with E-state index in [0.29, 0.717) is 6.04 Å². The van der Waals surface area contributed by atoms with E-state index in [0.717, 1.165) is 5.92 Å². The minimum absolute atomic E-state index is 0.485. The Labute approximate surface area is 84.0 Å². The van der Waals surface area contributed by atoms with E-state index < -0.39 is 0 Å². The molecule has 1 aromatic rings. The number of hydrogen-bond acceptors (Lipinski definition) is 2.